The van der Waals surface area contributed by atoms with Gasteiger partial charge in [0.25, 0.3) is 0 Å². The van der Waals surface area contributed by atoms with Crippen LogP contribution in [-0.4, -0.2) is 24.7 Å². The van der Waals surface area contributed by atoms with E-state index >= 15 is 0 Å². The normalized spacial score (nSPS) is 16.1. The molecule has 0 radical (unpaired) electrons. The first-order chi connectivity index (χ1) is 9.20. The molecule has 0 spiro atoms. The van der Waals surface area contributed by atoms with Crippen molar-refractivity contribution in [2.24, 2.45) is 10.9 Å². The minimum Gasteiger partial charge on any atom is -0.361 e. The zero-order valence-corrected chi connectivity index (χ0v) is 14.9. The molecule has 0 unspecified atom stereocenters. The fraction of sp³-hybridized carbons (Fsp3) is 0.714. The molecule has 0 atom stereocenters. The lowest BCUT2D eigenvalue weighted by molar-refractivity contribution is 0.392. The van der Waals surface area contributed by atoms with Crippen LogP contribution in [0.15, 0.2) is 9.52 Å². The highest BCUT2D eigenvalue weighted by atomic mass is 127. The van der Waals surface area contributed by atoms with Gasteiger partial charge in [0, 0.05) is 25.7 Å². The van der Waals surface area contributed by atoms with Crippen LogP contribution in [0.5, 0.6) is 0 Å². The Morgan fingerprint density at radius 3 is 2.55 bits per heavy atom. The Bertz CT molecular complexity index is 419. The zero-order chi connectivity index (χ0) is 13.7. The third-order valence-corrected chi connectivity index (χ3v) is 3.87. The van der Waals surface area contributed by atoms with Crippen LogP contribution in [0, 0.1) is 19.8 Å². The van der Waals surface area contributed by atoms with Crippen LogP contribution in [0.1, 0.15) is 42.7 Å². The molecule has 2 N–H and O–H groups in total. The summed E-state index contributed by atoms with van der Waals surface area (Å²) in [7, 11) is 1.80. The van der Waals surface area contributed by atoms with Crippen molar-refractivity contribution in [3.05, 3.63) is 17.0 Å². The number of rotatable bonds is 4. The van der Waals surface area contributed by atoms with Crippen molar-refractivity contribution < 1.29 is 4.52 Å². The van der Waals surface area contributed by atoms with Gasteiger partial charge in [-0.15, -0.1) is 24.0 Å². The van der Waals surface area contributed by atoms with Gasteiger partial charge in [0.1, 0.15) is 5.76 Å². The molecule has 20 heavy (non-hydrogen) atoms. The first-order valence-electron chi connectivity index (χ1n) is 7.07. The summed E-state index contributed by atoms with van der Waals surface area (Å²) in [6.07, 6.45) is 5.43. The maximum Gasteiger partial charge on any atom is 0.191 e. The SMILES string of the molecule is CN=C(NCc1c(C)noc1C)NCC1CCCC1.I. The van der Waals surface area contributed by atoms with Crippen LogP contribution < -0.4 is 10.6 Å². The van der Waals surface area contributed by atoms with Crippen LogP contribution in [0.25, 0.3) is 0 Å². The second-order valence-electron chi connectivity index (χ2n) is 5.26. The fourth-order valence-electron chi connectivity index (χ4n) is 2.60. The molecule has 0 amide bonds. The molecule has 5 nitrogen and oxygen atoms in total. The average molecular weight is 392 g/mol. The van der Waals surface area contributed by atoms with E-state index in [9.17, 15) is 0 Å². The number of aromatic nitrogens is 1. The van der Waals surface area contributed by atoms with Gasteiger partial charge in [-0.05, 0) is 32.6 Å². The number of aliphatic imine (C=N–C) groups is 1. The molecule has 2 rings (SSSR count). The van der Waals surface area contributed by atoms with Gasteiger partial charge in [-0.2, -0.15) is 0 Å². The van der Waals surface area contributed by atoms with Crippen LogP contribution in [0.2, 0.25) is 0 Å². The highest BCUT2D eigenvalue weighted by Gasteiger charge is 2.15. The van der Waals surface area contributed by atoms with Crippen molar-refractivity contribution in [2.45, 2.75) is 46.1 Å². The van der Waals surface area contributed by atoms with E-state index in [0.717, 1.165) is 35.4 Å². The van der Waals surface area contributed by atoms with Gasteiger partial charge in [-0.25, -0.2) is 0 Å². The van der Waals surface area contributed by atoms with Gasteiger partial charge in [-0.1, -0.05) is 18.0 Å². The summed E-state index contributed by atoms with van der Waals surface area (Å²) in [5.41, 5.74) is 2.06. The molecular formula is C14H25IN4O. The van der Waals surface area contributed by atoms with Crippen LogP contribution in [0.3, 0.4) is 0 Å². The number of aryl methyl sites for hydroxylation is 2. The van der Waals surface area contributed by atoms with E-state index in [1.54, 1.807) is 7.05 Å². The first-order valence-corrected chi connectivity index (χ1v) is 7.07. The third kappa shape index (κ3) is 4.64. The summed E-state index contributed by atoms with van der Waals surface area (Å²) in [6.45, 7) is 5.61. The van der Waals surface area contributed by atoms with Crippen molar-refractivity contribution in [1.29, 1.82) is 0 Å². The van der Waals surface area contributed by atoms with Crippen LogP contribution >= 0.6 is 24.0 Å². The number of hydrogen-bond donors (Lipinski definition) is 2. The van der Waals surface area contributed by atoms with Crippen molar-refractivity contribution in [3.63, 3.8) is 0 Å². The van der Waals surface area contributed by atoms with E-state index in [4.69, 9.17) is 4.52 Å². The van der Waals surface area contributed by atoms with Crippen molar-refractivity contribution in [2.75, 3.05) is 13.6 Å². The van der Waals surface area contributed by atoms with E-state index < -0.39 is 0 Å². The van der Waals surface area contributed by atoms with Crippen LogP contribution in [-0.2, 0) is 6.54 Å². The summed E-state index contributed by atoms with van der Waals surface area (Å²) >= 11 is 0. The quantitative estimate of drug-likeness (QED) is 0.470. The molecule has 1 aromatic heterocycles. The van der Waals surface area contributed by atoms with E-state index in [1.807, 2.05) is 13.8 Å². The third-order valence-electron chi connectivity index (χ3n) is 3.87. The van der Waals surface area contributed by atoms with Crippen molar-refractivity contribution in [1.82, 2.24) is 15.8 Å². The zero-order valence-electron chi connectivity index (χ0n) is 12.5. The molecule has 1 aliphatic rings. The summed E-state index contributed by atoms with van der Waals surface area (Å²) in [5, 5.41) is 10.7. The van der Waals surface area contributed by atoms with Crippen molar-refractivity contribution >= 4 is 29.9 Å². The monoisotopic (exact) mass is 392 g/mol. The lowest BCUT2D eigenvalue weighted by Crippen LogP contribution is -2.39. The predicted octanol–water partition coefficient (Wildman–Crippen LogP) is 2.76. The van der Waals surface area contributed by atoms with E-state index in [1.165, 1.54) is 25.7 Å². The lowest BCUT2D eigenvalue weighted by Gasteiger charge is -2.15. The van der Waals surface area contributed by atoms with Crippen LogP contribution in [0.4, 0.5) is 0 Å². The first kappa shape index (κ1) is 17.3. The largest absolute Gasteiger partial charge is 0.361 e. The summed E-state index contributed by atoms with van der Waals surface area (Å²) in [4.78, 5) is 4.25. The Hall–Kier alpha value is -0.790. The topological polar surface area (TPSA) is 62.5 Å². The van der Waals surface area contributed by atoms with Gasteiger partial charge in [0.05, 0.1) is 5.69 Å². The molecule has 0 bridgehead atoms. The molecule has 0 aliphatic heterocycles. The van der Waals surface area contributed by atoms with Gasteiger partial charge in [0.2, 0.25) is 0 Å². The molecule has 0 aromatic carbocycles. The molecule has 1 saturated carbocycles. The standard InChI is InChI=1S/C14H24N4O.HI/c1-10-13(11(2)19-18-10)9-17-14(15-3)16-8-12-6-4-5-7-12;/h12H,4-9H2,1-3H3,(H2,15,16,17);1H. The molecule has 1 fully saturated rings. The maximum atomic E-state index is 5.15. The lowest BCUT2D eigenvalue weighted by atomic mass is 10.1. The second kappa shape index (κ2) is 8.49. The van der Waals surface area contributed by atoms with Gasteiger partial charge in [-0.3, -0.25) is 4.99 Å². The van der Waals surface area contributed by atoms with Crippen molar-refractivity contribution in [3.8, 4) is 0 Å². The second-order valence-corrected chi connectivity index (χ2v) is 5.26. The average Bonchev–Trinajstić information content (AvgIpc) is 3.02. The number of nitrogens with zero attached hydrogens (tertiary/aromatic N) is 2. The highest BCUT2D eigenvalue weighted by molar-refractivity contribution is 14.0. The number of hydrogen-bond acceptors (Lipinski definition) is 3. The smallest absolute Gasteiger partial charge is 0.191 e. The van der Waals surface area contributed by atoms with Gasteiger partial charge < -0.3 is 15.2 Å². The molecule has 1 aromatic rings. The molecule has 114 valence electrons. The highest BCUT2D eigenvalue weighted by Crippen LogP contribution is 2.23. The maximum absolute atomic E-state index is 5.15. The molecular weight excluding hydrogens is 367 g/mol. The van der Waals surface area contributed by atoms with E-state index in [2.05, 4.69) is 20.8 Å². The fourth-order valence-corrected chi connectivity index (χ4v) is 2.60. The summed E-state index contributed by atoms with van der Waals surface area (Å²) < 4.78 is 5.15. The Kier molecular flexibility index (Phi) is 7.32. The Morgan fingerprint density at radius 1 is 1.30 bits per heavy atom. The number of halogens is 1. The summed E-state index contributed by atoms with van der Waals surface area (Å²) in [5.74, 6) is 2.53. The van der Waals surface area contributed by atoms with Gasteiger partial charge in [0.15, 0.2) is 5.96 Å². The Balaban J connectivity index is 0.00000200. The number of nitrogens with one attached hydrogen (secondary N) is 2. The molecule has 0 saturated heterocycles. The Labute approximate surface area is 138 Å². The Morgan fingerprint density at radius 2 is 2.00 bits per heavy atom. The predicted molar refractivity (Wildman–Crippen MR) is 91.6 cm³/mol. The number of guanidine groups is 1. The van der Waals surface area contributed by atoms with E-state index in [0.29, 0.717) is 6.54 Å². The summed E-state index contributed by atoms with van der Waals surface area (Å²) in [6, 6.07) is 0. The van der Waals surface area contributed by atoms with Gasteiger partial charge >= 0.3 is 0 Å². The molecule has 1 aliphatic carbocycles. The molecule has 1 heterocycles. The minimum absolute atomic E-state index is 0. The van der Waals surface area contributed by atoms with E-state index in [-0.39, 0.29) is 24.0 Å². The molecule has 6 heteroatoms. The minimum atomic E-state index is 0.